The van der Waals surface area contributed by atoms with Gasteiger partial charge in [-0.2, -0.15) is 0 Å². The molecule has 0 aromatic carbocycles. The lowest BCUT2D eigenvalue weighted by molar-refractivity contribution is -0.203. The summed E-state index contributed by atoms with van der Waals surface area (Å²) < 4.78 is 10.2. The lowest BCUT2D eigenvalue weighted by Gasteiger charge is -2.35. The molecule has 5 nitrogen and oxygen atoms in total. The first-order chi connectivity index (χ1) is 7.80. The SMILES string of the molecule is COC(C)C1C=C(C(C)=O)OC(O)(C(C)=O)C1. The summed E-state index contributed by atoms with van der Waals surface area (Å²) in [7, 11) is 1.54. The number of Topliss-reactive ketones (excluding diaryl/α,β-unsaturated/α-hetero) is 2. The fourth-order valence-corrected chi connectivity index (χ4v) is 1.71. The molecule has 1 aliphatic heterocycles. The van der Waals surface area contributed by atoms with Crippen molar-refractivity contribution in [3.8, 4) is 0 Å². The van der Waals surface area contributed by atoms with E-state index < -0.39 is 11.6 Å². The van der Waals surface area contributed by atoms with Crippen LogP contribution in [0.15, 0.2) is 11.8 Å². The second-order valence-corrected chi connectivity index (χ2v) is 4.34. The Labute approximate surface area is 100 Å². The number of hydrogen-bond donors (Lipinski definition) is 1. The molecule has 0 radical (unpaired) electrons. The Morgan fingerprint density at radius 1 is 1.59 bits per heavy atom. The summed E-state index contributed by atoms with van der Waals surface area (Å²) >= 11 is 0. The van der Waals surface area contributed by atoms with Crippen molar-refractivity contribution < 1.29 is 24.2 Å². The van der Waals surface area contributed by atoms with Crippen LogP contribution in [-0.2, 0) is 19.1 Å². The van der Waals surface area contributed by atoms with Gasteiger partial charge in [-0.1, -0.05) is 0 Å². The zero-order chi connectivity index (χ0) is 13.2. The van der Waals surface area contributed by atoms with Crippen molar-refractivity contribution in [2.75, 3.05) is 7.11 Å². The van der Waals surface area contributed by atoms with Crippen LogP contribution in [0.3, 0.4) is 0 Å². The molecule has 0 bridgehead atoms. The minimum atomic E-state index is -1.92. The molecule has 1 aliphatic rings. The van der Waals surface area contributed by atoms with Gasteiger partial charge in [-0.25, -0.2) is 0 Å². The van der Waals surface area contributed by atoms with Gasteiger partial charge >= 0.3 is 0 Å². The number of allylic oxidation sites excluding steroid dienone is 1. The van der Waals surface area contributed by atoms with E-state index in [0.717, 1.165) is 0 Å². The normalized spacial score (nSPS) is 30.2. The molecule has 1 N–H and O–H groups in total. The first kappa shape index (κ1) is 13.9. The van der Waals surface area contributed by atoms with Crippen molar-refractivity contribution in [3.05, 3.63) is 11.8 Å². The number of ketones is 2. The van der Waals surface area contributed by atoms with Gasteiger partial charge in [0.25, 0.3) is 5.79 Å². The Bertz CT molecular complexity index is 360. The van der Waals surface area contributed by atoms with Crippen molar-refractivity contribution in [1.82, 2.24) is 0 Å². The van der Waals surface area contributed by atoms with Gasteiger partial charge < -0.3 is 14.6 Å². The second-order valence-electron chi connectivity index (χ2n) is 4.34. The maximum Gasteiger partial charge on any atom is 0.268 e. The molecule has 17 heavy (non-hydrogen) atoms. The summed E-state index contributed by atoms with van der Waals surface area (Å²) in [6.45, 7) is 4.37. The number of hydrogen-bond acceptors (Lipinski definition) is 5. The van der Waals surface area contributed by atoms with Crippen LogP contribution in [0, 0.1) is 5.92 Å². The summed E-state index contributed by atoms with van der Waals surface area (Å²) in [5.41, 5.74) is 0. The summed E-state index contributed by atoms with van der Waals surface area (Å²) in [5.74, 6) is -2.98. The molecule has 0 spiro atoms. The molecule has 0 saturated heterocycles. The van der Waals surface area contributed by atoms with E-state index in [1.807, 2.05) is 6.92 Å². The molecule has 0 aliphatic carbocycles. The van der Waals surface area contributed by atoms with Crippen LogP contribution in [0.5, 0.6) is 0 Å². The first-order valence-electron chi connectivity index (χ1n) is 5.48. The standard InChI is InChI=1S/C12H18O5/c1-7(13)11-5-10(8(2)16-4)6-12(15,17-11)9(3)14/h5,8,10,15H,6H2,1-4H3. The van der Waals surface area contributed by atoms with Crippen LogP contribution in [-0.4, -0.2) is 35.7 Å². The maximum atomic E-state index is 11.4. The van der Waals surface area contributed by atoms with Crippen LogP contribution >= 0.6 is 0 Å². The molecule has 0 aromatic rings. The molecule has 0 fully saturated rings. The summed E-state index contributed by atoms with van der Waals surface area (Å²) in [5, 5.41) is 10.1. The highest BCUT2D eigenvalue weighted by atomic mass is 16.6. The second kappa shape index (κ2) is 4.98. The monoisotopic (exact) mass is 242 g/mol. The number of aliphatic hydroxyl groups is 1. The van der Waals surface area contributed by atoms with Crippen molar-refractivity contribution in [1.29, 1.82) is 0 Å². The molecule has 1 heterocycles. The zero-order valence-electron chi connectivity index (χ0n) is 10.5. The Morgan fingerprint density at radius 3 is 2.59 bits per heavy atom. The quantitative estimate of drug-likeness (QED) is 0.789. The Hall–Kier alpha value is -1.20. The van der Waals surface area contributed by atoms with Crippen LogP contribution in [0.1, 0.15) is 27.2 Å². The number of carbonyl (C=O) groups is 2. The molecular weight excluding hydrogens is 224 g/mol. The molecule has 3 unspecified atom stereocenters. The van der Waals surface area contributed by atoms with Gasteiger partial charge in [0.15, 0.2) is 11.5 Å². The lowest BCUT2D eigenvalue weighted by Crippen LogP contribution is -2.46. The number of ether oxygens (including phenoxy) is 2. The van der Waals surface area contributed by atoms with Crippen molar-refractivity contribution in [2.45, 2.75) is 39.1 Å². The predicted molar refractivity (Wildman–Crippen MR) is 60.1 cm³/mol. The van der Waals surface area contributed by atoms with Crippen molar-refractivity contribution in [3.63, 3.8) is 0 Å². The topological polar surface area (TPSA) is 72.8 Å². The van der Waals surface area contributed by atoms with E-state index in [1.54, 1.807) is 6.08 Å². The van der Waals surface area contributed by atoms with Crippen molar-refractivity contribution >= 4 is 11.6 Å². The van der Waals surface area contributed by atoms with Gasteiger partial charge in [0.2, 0.25) is 5.78 Å². The fourth-order valence-electron chi connectivity index (χ4n) is 1.71. The van der Waals surface area contributed by atoms with E-state index in [2.05, 4.69) is 0 Å². The third kappa shape index (κ3) is 2.92. The summed E-state index contributed by atoms with van der Waals surface area (Å²) in [4.78, 5) is 22.7. The molecule has 5 heteroatoms. The van der Waals surface area contributed by atoms with Gasteiger partial charge in [-0.3, -0.25) is 9.59 Å². The Morgan fingerprint density at radius 2 is 2.18 bits per heavy atom. The maximum absolute atomic E-state index is 11.4. The van der Waals surface area contributed by atoms with Crippen LogP contribution in [0.2, 0.25) is 0 Å². The third-order valence-electron chi connectivity index (χ3n) is 3.03. The average molecular weight is 242 g/mol. The zero-order valence-corrected chi connectivity index (χ0v) is 10.5. The molecule has 3 atom stereocenters. The number of methoxy groups -OCH3 is 1. The van der Waals surface area contributed by atoms with E-state index in [0.29, 0.717) is 0 Å². The predicted octanol–water partition coefficient (Wildman–Crippen LogP) is 0.808. The van der Waals surface area contributed by atoms with Crippen LogP contribution in [0.25, 0.3) is 0 Å². The largest absolute Gasteiger partial charge is 0.452 e. The average Bonchev–Trinajstić information content (AvgIpc) is 2.26. The highest BCUT2D eigenvalue weighted by Gasteiger charge is 2.43. The minimum Gasteiger partial charge on any atom is -0.452 e. The van der Waals surface area contributed by atoms with Gasteiger partial charge in [0.1, 0.15) is 0 Å². The third-order valence-corrected chi connectivity index (χ3v) is 3.03. The molecule has 0 amide bonds. The fraction of sp³-hybridized carbons (Fsp3) is 0.667. The van der Waals surface area contributed by atoms with Crippen molar-refractivity contribution in [2.24, 2.45) is 5.92 Å². The highest BCUT2D eigenvalue weighted by molar-refractivity contribution is 5.93. The Balaban J connectivity index is 3.05. The first-order valence-corrected chi connectivity index (χ1v) is 5.48. The Kier molecular flexibility index (Phi) is 4.06. The number of rotatable bonds is 4. The molecule has 1 rings (SSSR count). The minimum absolute atomic E-state index is 0.0165. The van der Waals surface area contributed by atoms with E-state index in [1.165, 1.54) is 21.0 Å². The van der Waals surface area contributed by atoms with Gasteiger partial charge in [0.05, 0.1) is 6.10 Å². The smallest absolute Gasteiger partial charge is 0.268 e. The highest BCUT2D eigenvalue weighted by Crippen LogP contribution is 2.32. The van der Waals surface area contributed by atoms with Gasteiger partial charge in [-0.15, -0.1) is 0 Å². The van der Waals surface area contributed by atoms with Gasteiger partial charge in [0, 0.05) is 33.3 Å². The summed E-state index contributed by atoms with van der Waals surface area (Å²) in [6.07, 6.45) is 1.49. The summed E-state index contributed by atoms with van der Waals surface area (Å²) in [6, 6.07) is 0. The molecule has 96 valence electrons. The van der Waals surface area contributed by atoms with E-state index in [4.69, 9.17) is 9.47 Å². The van der Waals surface area contributed by atoms with E-state index >= 15 is 0 Å². The lowest BCUT2D eigenvalue weighted by atomic mass is 9.89. The van der Waals surface area contributed by atoms with Crippen LogP contribution in [0.4, 0.5) is 0 Å². The molecular formula is C12H18O5. The molecule has 0 aromatic heterocycles. The number of carbonyl (C=O) groups excluding carboxylic acids is 2. The molecule has 0 saturated carbocycles. The van der Waals surface area contributed by atoms with Gasteiger partial charge in [-0.05, 0) is 13.0 Å². The van der Waals surface area contributed by atoms with Crippen LogP contribution < -0.4 is 0 Å². The van der Waals surface area contributed by atoms with E-state index in [-0.39, 0.29) is 30.0 Å². The van der Waals surface area contributed by atoms with E-state index in [9.17, 15) is 14.7 Å².